The van der Waals surface area contributed by atoms with E-state index in [2.05, 4.69) is 60.9 Å². The Labute approximate surface area is 250 Å². The normalized spacial score (nSPS) is 12.0. The van der Waals surface area contributed by atoms with Gasteiger partial charge in [-0.25, -0.2) is 0 Å². The number of carbonyl (C=O) groups excluding carboxylic acids is 1. The van der Waals surface area contributed by atoms with Crippen LogP contribution < -0.4 is 4.74 Å². The molecule has 0 radical (unpaired) electrons. The Bertz CT molecular complexity index is 1300. The van der Waals surface area contributed by atoms with Gasteiger partial charge in [0.1, 0.15) is 11.5 Å². The molecule has 0 bridgehead atoms. The molecule has 4 nitrogen and oxygen atoms in total. The highest BCUT2D eigenvalue weighted by atomic mass is 35.5. The van der Waals surface area contributed by atoms with Gasteiger partial charge in [0.15, 0.2) is 0 Å². The topological polar surface area (TPSA) is 32.8 Å². The average molecular weight is 569 g/mol. The second-order valence-corrected chi connectivity index (χ2v) is 10.9. The average Bonchev–Trinajstić information content (AvgIpc) is 3.00. The van der Waals surface area contributed by atoms with Crippen molar-refractivity contribution in [3.8, 4) is 11.5 Å². The highest BCUT2D eigenvalue weighted by molar-refractivity contribution is 6.30. The van der Waals surface area contributed by atoms with Gasteiger partial charge in [0.25, 0.3) is 0 Å². The van der Waals surface area contributed by atoms with Crippen molar-refractivity contribution in [2.75, 3.05) is 19.6 Å². The summed E-state index contributed by atoms with van der Waals surface area (Å²) in [4.78, 5) is 19.1. The van der Waals surface area contributed by atoms with Crippen molar-refractivity contribution in [1.29, 1.82) is 0 Å². The smallest absolute Gasteiger partial charge is 0.235 e. The highest BCUT2D eigenvalue weighted by Gasteiger charge is 2.30. The third-order valence-corrected chi connectivity index (χ3v) is 7.87. The van der Waals surface area contributed by atoms with Crippen molar-refractivity contribution in [2.45, 2.75) is 52.1 Å². The maximum Gasteiger partial charge on any atom is 0.235 e. The molecule has 0 spiro atoms. The van der Waals surface area contributed by atoms with Crippen LogP contribution in [0.2, 0.25) is 5.02 Å². The van der Waals surface area contributed by atoms with E-state index >= 15 is 0 Å². The number of ether oxygens (including phenoxy) is 1. The monoisotopic (exact) mass is 568 g/mol. The van der Waals surface area contributed by atoms with Crippen molar-refractivity contribution in [2.24, 2.45) is 0 Å². The molecule has 0 fully saturated rings. The second kappa shape index (κ2) is 15.4. The molecular formula is C36H41ClN2O2. The molecule has 1 unspecified atom stereocenters. The van der Waals surface area contributed by atoms with Crippen molar-refractivity contribution in [3.05, 3.63) is 131 Å². The molecule has 41 heavy (non-hydrogen) atoms. The Morgan fingerprint density at radius 1 is 0.780 bits per heavy atom. The third kappa shape index (κ3) is 8.69. The van der Waals surface area contributed by atoms with E-state index in [4.69, 9.17) is 16.3 Å². The van der Waals surface area contributed by atoms with Gasteiger partial charge in [0.2, 0.25) is 5.91 Å². The molecule has 0 aliphatic heterocycles. The predicted octanol–water partition coefficient (Wildman–Crippen LogP) is 8.80. The lowest BCUT2D eigenvalue weighted by atomic mass is 9.89. The second-order valence-electron chi connectivity index (χ2n) is 10.4. The zero-order valence-corrected chi connectivity index (χ0v) is 25.1. The minimum Gasteiger partial charge on any atom is -0.457 e. The maximum atomic E-state index is 14.6. The fraction of sp³-hybridized carbons (Fsp3) is 0.306. The van der Waals surface area contributed by atoms with Crippen molar-refractivity contribution >= 4 is 17.5 Å². The van der Waals surface area contributed by atoms with E-state index in [0.717, 1.165) is 60.7 Å². The van der Waals surface area contributed by atoms with E-state index in [-0.39, 0.29) is 17.9 Å². The van der Waals surface area contributed by atoms with Gasteiger partial charge >= 0.3 is 0 Å². The summed E-state index contributed by atoms with van der Waals surface area (Å²) in [6, 6.07) is 35.7. The van der Waals surface area contributed by atoms with Crippen LogP contribution in [0.1, 0.15) is 56.2 Å². The Balaban J connectivity index is 1.62. The van der Waals surface area contributed by atoms with E-state index < -0.39 is 0 Å². The summed E-state index contributed by atoms with van der Waals surface area (Å²) in [7, 11) is 0. The predicted molar refractivity (Wildman–Crippen MR) is 170 cm³/mol. The molecule has 0 saturated carbocycles. The van der Waals surface area contributed by atoms with Crippen LogP contribution in [0, 0.1) is 0 Å². The van der Waals surface area contributed by atoms with Gasteiger partial charge in [-0.2, -0.15) is 0 Å². The molecule has 0 aliphatic carbocycles. The van der Waals surface area contributed by atoms with E-state index in [1.165, 1.54) is 0 Å². The van der Waals surface area contributed by atoms with Crippen LogP contribution in [0.25, 0.3) is 0 Å². The number of rotatable bonds is 14. The largest absolute Gasteiger partial charge is 0.457 e. The molecule has 214 valence electrons. The van der Waals surface area contributed by atoms with Crippen LogP contribution in [0.5, 0.6) is 11.5 Å². The van der Waals surface area contributed by atoms with E-state index in [1.807, 2.05) is 78.9 Å². The molecular weight excluding hydrogens is 528 g/mol. The van der Waals surface area contributed by atoms with Crippen molar-refractivity contribution < 1.29 is 9.53 Å². The lowest BCUT2D eigenvalue weighted by Gasteiger charge is -2.34. The van der Waals surface area contributed by atoms with Crippen LogP contribution in [0.3, 0.4) is 0 Å². The number of benzene rings is 4. The van der Waals surface area contributed by atoms with E-state index in [0.29, 0.717) is 11.6 Å². The Morgan fingerprint density at radius 3 is 1.98 bits per heavy atom. The number of amides is 1. The molecule has 5 heteroatoms. The van der Waals surface area contributed by atoms with Gasteiger partial charge in [-0.3, -0.25) is 4.79 Å². The molecule has 0 saturated heterocycles. The van der Waals surface area contributed by atoms with Crippen molar-refractivity contribution in [1.82, 2.24) is 9.80 Å². The zero-order chi connectivity index (χ0) is 29.0. The summed E-state index contributed by atoms with van der Waals surface area (Å²) in [5.41, 5.74) is 3.04. The van der Waals surface area contributed by atoms with Gasteiger partial charge in [0.05, 0.1) is 5.92 Å². The lowest BCUT2D eigenvalue weighted by Crippen LogP contribution is -2.41. The Kier molecular flexibility index (Phi) is 11.4. The third-order valence-electron chi connectivity index (χ3n) is 7.62. The van der Waals surface area contributed by atoms with Crippen LogP contribution >= 0.6 is 11.6 Å². The van der Waals surface area contributed by atoms with Crippen LogP contribution in [-0.2, 0) is 11.3 Å². The Morgan fingerprint density at radius 2 is 1.39 bits per heavy atom. The molecule has 4 aromatic rings. The zero-order valence-electron chi connectivity index (χ0n) is 24.4. The highest BCUT2D eigenvalue weighted by Crippen LogP contribution is 2.30. The van der Waals surface area contributed by atoms with Gasteiger partial charge in [-0.05, 0) is 92.5 Å². The van der Waals surface area contributed by atoms with Gasteiger partial charge in [0, 0.05) is 17.6 Å². The van der Waals surface area contributed by atoms with E-state index in [1.54, 1.807) is 0 Å². The molecule has 1 atom stereocenters. The summed E-state index contributed by atoms with van der Waals surface area (Å²) in [6.07, 6.45) is 1.97. The standard InChI is InChI=1S/C36H41ClN2O2/c1-4-38(5-2)25-13-14-28(3)39(27-29-15-12-20-34(26-29)41-33-23-21-32(37)22-24-33)36(40)35(30-16-8-6-9-17-30)31-18-10-7-11-19-31/h6-12,15-24,26,28,35H,4-5,13-14,25,27H2,1-3H3. The van der Waals surface area contributed by atoms with Crippen molar-refractivity contribution in [3.63, 3.8) is 0 Å². The number of hydrogen-bond acceptors (Lipinski definition) is 3. The quantitative estimate of drug-likeness (QED) is 0.152. The molecule has 1 amide bonds. The van der Waals surface area contributed by atoms with Gasteiger partial charge < -0.3 is 14.5 Å². The first-order valence-electron chi connectivity index (χ1n) is 14.6. The summed E-state index contributed by atoms with van der Waals surface area (Å²) in [6.45, 7) is 10.2. The summed E-state index contributed by atoms with van der Waals surface area (Å²) >= 11 is 6.04. The lowest BCUT2D eigenvalue weighted by molar-refractivity contribution is -0.134. The molecule has 0 heterocycles. The fourth-order valence-electron chi connectivity index (χ4n) is 5.23. The first-order chi connectivity index (χ1) is 20.0. The number of halogens is 1. The maximum absolute atomic E-state index is 14.6. The molecule has 0 N–H and O–H groups in total. The first-order valence-corrected chi connectivity index (χ1v) is 15.0. The summed E-state index contributed by atoms with van der Waals surface area (Å²) < 4.78 is 6.11. The van der Waals surface area contributed by atoms with Crippen LogP contribution in [-0.4, -0.2) is 41.4 Å². The summed E-state index contributed by atoms with van der Waals surface area (Å²) in [5, 5.41) is 0.668. The number of nitrogens with zero attached hydrogens (tertiary/aromatic N) is 2. The van der Waals surface area contributed by atoms with Gasteiger partial charge in [-0.1, -0.05) is 98.2 Å². The minimum atomic E-state index is -0.379. The molecule has 4 rings (SSSR count). The number of hydrogen-bond donors (Lipinski definition) is 0. The minimum absolute atomic E-state index is 0.0637. The van der Waals surface area contributed by atoms with Crippen LogP contribution in [0.4, 0.5) is 0 Å². The van der Waals surface area contributed by atoms with E-state index in [9.17, 15) is 4.79 Å². The molecule has 0 aliphatic rings. The van der Waals surface area contributed by atoms with Crippen LogP contribution in [0.15, 0.2) is 109 Å². The first kappa shape index (κ1) is 30.4. The number of carbonyl (C=O) groups is 1. The molecule has 4 aromatic carbocycles. The SMILES string of the molecule is CCN(CC)CCCC(C)N(Cc1cccc(Oc2ccc(Cl)cc2)c1)C(=O)C(c1ccccc1)c1ccccc1. The van der Waals surface area contributed by atoms with Gasteiger partial charge in [-0.15, -0.1) is 0 Å². The Hall–Kier alpha value is -3.60. The fourth-order valence-corrected chi connectivity index (χ4v) is 5.36. The molecule has 0 aromatic heterocycles. The summed E-state index contributed by atoms with van der Waals surface area (Å²) in [5.74, 6) is 1.18.